The summed E-state index contributed by atoms with van der Waals surface area (Å²) in [6.07, 6.45) is -1.66. The van der Waals surface area contributed by atoms with Gasteiger partial charge in [0.1, 0.15) is 11.5 Å². The van der Waals surface area contributed by atoms with Crippen LogP contribution in [0.1, 0.15) is 46.1 Å². The molecule has 1 saturated heterocycles. The lowest BCUT2D eigenvalue weighted by Crippen LogP contribution is -2.45. The number of alkyl halides is 3. The fraction of sp³-hybridized carbons (Fsp3) is 0.280. The molecule has 1 aromatic carbocycles. The average Bonchev–Trinajstić information content (AvgIpc) is 3.25. The van der Waals surface area contributed by atoms with Crippen LogP contribution in [-0.2, 0) is 4.79 Å². The van der Waals surface area contributed by atoms with Gasteiger partial charge >= 0.3 is 12.1 Å². The first-order valence-electron chi connectivity index (χ1n) is 11.1. The van der Waals surface area contributed by atoms with Crippen molar-refractivity contribution < 1.29 is 22.8 Å². The molecule has 4 rings (SSSR count). The number of anilines is 1. The standard InChI is InChI=1S/C25H21ClF3N5O2/c1-16-13-18(8-7-17-5-3-2-4-6-17)14-30-22(16)32-23(35)21-20(26)15-31-34(21)19-9-11-33(12-10-19)24(36)25(27,28)29/h2-6,13-15,19H,9-12H2,1H3,(H,30,32,35). The van der Waals surface area contributed by atoms with Crippen molar-refractivity contribution in [2.45, 2.75) is 32.0 Å². The second kappa shape index (κ2) is 10.4. The maximum Gasteiger partial charge on any atom is 0.471 e. The molecule has 0 bridgehead atoms. The number of nitrogens with one attached hydrogen (secondary N) is 1. The molecule has 3 heterocycles. The Balaban J connectivity index is 1.46. The number of benzene rings is 1. The van der Waals surface area contributed by atoms with Gasteiger partial charge in [0.05, 0.1) is 17.3 Å². The Bertz CT molecular complexity index is 1340. The second-order valence-electron chi connectivity index (χ2n) is 8.27. The molecule has 2 amide bonds. The van der Waals surface area contributed by atoms with E-state index >= 15 is 0 Å². The van der Waals surface area contributed by atoms with E-state index in [-0.39, 0.29) is 42.7 Å². The first kappa shape index (κ1) is 25.3. The van der Waals surface area contributed by atoms with Crippen LogP contribution >= 0.6 is 11.6 Å². The van der Waals surface area contributed by atoms with Crippen molar-refractivity contribution in [2.24, 2.45) is 0 Å². The number of carbonyl (C=O) groups is 2. The summed E-state index contributed by atoms with van der Waals surface area (Å²) in [4.78, 5) is 29.6. The summed E-state index contributed by atoms with van der Waals surface area (Å²) in [5, 5.41) is 7.00. The van der Waals surface area contributed by atoms with Gasteiger partial charge in [-0.25, -0.2) is 4.98 Å². The lowest BCUT2D eigenvalue weighted by Gasteiger charge is -2.33. The van der Waals surface area contributed by atoms with E-state index in [1.165, 1.54) is 10.9 Å². The largest absolute Gasteiger partial charge is 0.471 e. The van der Waals surface area contributed by atoms with Crippen molar-refractivity contribution >= 4 is 29.2 Å². The van der Waals surface area contributed by atoms with Crippen LogP contribution in [0.15, 0.2) is 48.8 Å². The van der Waals surface area contributed by atoms with Gasteiger partial charge in [-0.3, -0.25) is 14.3 Å². The van der Waals surface area contributed by atoms with Crippen LogP contribution in [0.2, 0.25) is 5.02 Å². The summed E-state index contributed by atoms with van der Waals surface area (Å²) in [6, 6.07) is 10.9. The van der Waals surface area contributed by atoms with Gasteiger partial charge in [-0.05, 0) is 43.5 Å². The van der Waals surface area contributed by atoms with E-state index in [9.17, 15) is 22.8 Å². The molecule has 1 aliphatic rings. The highest BCUT2D eigenvalue weighted by Gasteiger charge is 2.43. The van der Waals surface area contributed by atoms with Crippen LogP contribution in [0.25, 0.3) is 0 Å². The Morgan fingerprint density at radius 3 is 2.39 bits per heavy atom. The molecular formula is C25H21ClF3N5O2. The molecule has 0 saturated carbocycles. The maximum atomic E-state index is 13.1. The van der Waals surface area contributed by atoms with Crippen molar-refractivity contribution in [3.63, 3.8) is 0 Å². The Morgan fingerprint density at radius 1 is 1.08 bits per heavy atom. The van der Waals surface area contributed by atoms with Gasteiger partial charge in [0.15, 0.2) is 0 Å². The fourth-order valence-corrected chi connectivity index (χ4v) is 4.15. The molecule has 186 valence electrons. The number of hydrogen-bond donors (Lipinski definition) is 1. The SMILES string of the molecule is Cc1cc(C#Cc2ccccc2)cnc1NC(=O)c1c(Cl)cnn1C1CCN(C(=O)C(F)(F)F)CC1. The number of piperidine rings is 1. The third-order valence-corrected chi connectivity index (χ3v) is 6.02. The zero-order chi connectivity index (χ0) is 25.9. The average molecular weight is 516 g/mol. The van der Waals surface area contributed by atoms with Gasteiger partial charge in [0.25, 0.3) is 5.91 Å². The van der Waals surface area contributed by atoms with E-state index in [0.717, 1.165) is 10.5 Å². The van der Waals surface area contributed by atoms with Gasteiger partial charge < -0.3 is 10.2 Å². The summed E-state index contributed by atoms with van der Waals surface area (Å²) in [5.74, 6) is 3.98. The lowest BCUT2D eigenvalue weighted by molar-refractivity contribution is -0.186. The minimum absolute atomic E-state index is 0.0754. The summed E-state index contributed by atoms with van der Waals surface area (Å²) < 4.78 is 39.6. The van der Waals surface area contributed by atoms with Crippen LogP contribution in [0.5, 0.6) is 0 Å². The molecule has 0 atom stereocenters. The number of aryl methyl sites for hydroxylation is 1. The predicted octanol–water partition coefficient (Wildman–Crippen LogP) is 4.62. The Hall–Kier alpha value is -3.84. The number of rotatable bonds is 3. The summed E-state index contributed by atoms with van der Waals surface area (Å²) in [5.41, 5.74) is 2.30. The number of aromatic nitrogens is 3. The summed E-state index contributed by atoms with van der Waals surface area (Å²) >= 11 is 6.23. The third kappa shape index (κ3) is 5.69. The minimum atomic E-state index is -4.92. The monoisotopic (exact) mass is 515 g/mol. The molecule has 3 aromatic rings. The second-order valence-corrected chi connectivity index (χ2v) is 8.67. The van der Waals surface area contributed by atoms with Crippen molar-refractivity contribution in [2.75, 3.05) is 18.4 Å². The van der Waals surface area contributed by atoms with E-state index in [1.54, 1.807) is 19.2 Å². The third-order valence-electron chi connectivity index (χ3n) is 5.74. The number of amides is 2. The molecule has 0 spiro atoms. The molecule has 0 unspecified atom stereocenters. The van der Waals surface area contributed by atoms with Gasteiger partial charge in [-0.1, -0.05) is 41.6 Å². The number of halogens is 4. The highest BCUT2D eigenvalue weighted by molar-refractivity contribution is 6.34. The number of hydrogen-bond acceptors (Lipinski definition) is 4. The number of carbonyl (C=O) groups excluding carboxylic acids is 2. The Labute approximate surface area is 210 Å². The molecule has 0 radical (unpaired) electrons. The highest BCUT2D eigenvalue weighted by atomic mass is 35.5. The fourth-order valence-electron chi connectivity index (χ4n) is 3.93. The number of pyridine rings is 1. The van der Waals surface area contributed by atoms with Crippen molar-refractivity contribution in [1.29, 1.82) is 0 Å². The molecule has 11 heteroatoms. The Morgan fingerprint density at radius 2 is 1.75 bits per heavy atom. The molecule has 7 nitrogen and oxygen atoms in total. The molecule has 36 heavy (non-hydrogen) atoms. The van der Waals surface area contributed by atoms with Gasteiger partial charge in [0.2, 0.25) is 0 Å². The van der Waals surface area contributed by atoms with Crippen molar-refractivity contribution in [3.05, 3.63) is 76.2 Å². The normalized spacial score (nSPS) is 14.2. The van der Waals surface area contributed by atoms with Crippen molar-refractivity contribution in [1.82, 2.24) is 19.7 Å². The van der Waals surface area contributed by atoms with E-state index in [1.807, 2.05) is 30.3 Å². The quantitative estimate of drug-likeness (QED) is 0.516. The van der Waals surface area contributed by atoms with Gasteiger partial charge in [-0.2, -0.15) is 18.3 Å². The predicted molar refractivity (Wildman–Crippen MR) is 127 cm³/mol. The first-order valence-corrected chi connectivity index (χ1v) is 11.5. The highest BCUT2D eigenvalue weighted by Crippen LogP contribution is 2.29. The molecular weight excluding hydrogens is 495 g/mol. The van der Waals surface area contributed by atoms with Crippen LogP contribution in [0.4, 0.5) is 19.0 Å². The van der Waals surface area contributed by atoms with Crippen LogP contribution < -0.4 is 5.32 Å². The van der Waals surface area contributed by atoms with Crippen LogP contribution in [-0.4, -0.2) is 50.7 Å². The van der Waals surface area contributed by atoms with E-state index in [0.29, 0.717) is 16.9 Å². The Kier molecular flexibility index (Phi) is 7.31. The molecule has 2 aromatic heterocycles. The lowest BCUT2D eigenvalue weighted by atomic mass is 10.0. The maximum absolute atomic E-state index is 13.1. The molecule has 1 fully saturated rings. The van der Waals surface area contributed by atoms with Gasteiger partial charge in [0, 0.05) is 30.4 Å². The smallest absolute Gasteiger partial charge is 0.335 e. The van der Waals surface area contributed by atoms with Crippen LogP contribution in [0.3, 0.4) is 0 Å². The van der Waals surface area contributed by atoms with Gasteiger partial charge in [-0.15, -0.1) is 0 Å². The summed E-state index contributed by atoms with van der Waals surface area (Å²) in [7, 11) is 0. The number of nitrogens with zero attached hydrogens (tertiary/aromatic N) is 4. The zero-order valence-corrected chi connectivity index (χ0v) is 19.9. The molecule has 1 aliphatic heterocycles. The number of likely N-dealkylation sites (tertiary alicyclic amines) is 1. The van der Waals surface area contributed by atoms with Crippen LogP contribution in [0, 0.1) is 18.8 Å². The topological polar surface area (TPSA) is 80.1 Å². The first-order chi connectivity index (χ1) is 17.1. The molecule has 0 aliphatic carbocycles. The van der Waals surface area contributed by atoms with E-state index < -0.39 is 18.0 Å². The minimum Gasteiger partial charge on any atom is -0.335 e. The van der Waals surface area contributed by atoms with E-state index in [4.69, 9.17) is 11.6 Å². The summed E-state index contributed by atoms with van der Waals surface area (Å²) in [6.45, 7) is 1.57. The van der Waals surface area contributed by atoms with Crippen molar-refractivity contribution in [3.8, 4) is 11.8 Å². The van der Waals surface area contributed by atoms with E-state index in [2.05, 4.69) is 27.2 Å². The zero-order valence-electron chi connectivity index (χ0n) is 19.1. The molecule has 1 N–H and O–H groups in total.